The van der Waals surface area contributed by atoms with Crippen LogP contribution in [0.2, 0.25) is 0 Å². The Morgan fingerprint density at radius 2 is 2.05 bits per heavy atom. The number of anilines is 1. The number of nitriles is 1. The smallest absolute Gasteiger partial charge is 0.0761 e. The lowest BCUT2D eigenvalue weighted by Crippen LogP contribution is -2.23. The summed E-state index contributed by atoms with van der Waals surface area (Å²) in [5.41, 5.74) is 3.04. The third-order valence-corrected chi connectivity index (χ3v) is 3.33. The van der Waals surface area contributed by atoms with Crippen LogP contribution in [0.15, 0.2) is 48.8 Å². The SMILES string of the molecule is C[C@@H](O)c1ccc(N(CCC#N)Cc2cccnc2)cc1. The minimum atomic E-state index is -0.468. The minimum Gasteiger partial charge on any atom is -0.389 e. The molecule has 2 rings (SSSR count). The van der Waals surface area contributed by atoms with Gasteiger partial charge < -0.3 is 10.0 Å². The number of aliphatic hydroxyl groups excluding tert-OH is 1. The van der Waals surface area contributed by atoms with Crippen LogP contribution in [0.25, 0.3) is 0 Å². The maximum atomic E-state index is 9.56. The Labute approximate surface area is 125 Å². The van der Waals surface area contributed by atoms with E-state index >= 15 is 0 Å². The topological polar surface area (TPSA) is 60.1 Å². The number of hydrogen-bond donors (Lipinski definition) is 1. The molecule has 1 N–H and O–H groups in total. The van der Waals surface area contributed by atoms with E-state index in [1.165, 1.54) is 0 Å². The first kappa shape index (κ1) is 15.0. The number of nitrogens with zero attached hydrogens (tertiary/aromatic N) is 3. The summed E-state index contributed by atoms with van der Waals surface area (Å²) in [5.74, 6) is 0. The van der Waals surface area contributed by atoms with Crippen molar-refractivity contribution < 1.29 is 5.11 Å². The molecule has 0 unspecified atom stereocenters. The molecular weight excluding hydrogens is 262 g/mol. The van der Waals surface area contributed by atoms with Gasteiger partial charge in [0.2, 0.25) is 0 Å². The largest absolute Gasteiger partial charge is 0.389 e. The maximum absolute atomic E-state index is 9.56. The van der Waals surface area contributed by atoms with Crippen molar-refractivity contribution in [3.63, 3.8) is 0 Å². The van der Waals surface area contributed by atoms with Crippen LogP contribution < -0.4 is 4.90 Å². The summed E-state index contributed by atoms with van der Waals surface area (Å²) in [5, 5.41) is 18.4. The van der Waals surface area contributed by atoms with Gasteiger partial charge in [0.15, 0.2) is 0 Å². The van der Waals surface area contributed by atoms with Crippen molar-refractivity contribution >= 4 is 5.69 Å². The van der Waals surface area contributed by atoms with Gasteiger partial charge >= 0.3 is 0 Å². The standard InChI is InChI=1S/C17H19N3O/c1-14(21)16-5-7-17(8-6-16)20(11-3-9-18)13-15-4-2-10-19-12-15/h2,4-8,10,12,14,21H,3,11,13H2,1H3/t14-/m1/s1. The van der Waals surface area contributed by atoms with Gasteiger partial charge in [-0.25, -0.2) is 0 Å². The summed E-state index contributed by atoms with van der Waals surface area (Å²) >= 11 is 0. The first-order valence-corrected chi connectivity index (χ1v) is 6.99. The van der Waals surface area contributed by atoms with E-state index in [-0.39, 0.29) is 0 Å². The first-order valence-electron chi connectivity index (χ1n) is 6.99. The highest BCUT2D eigenvalue weighted by Crippen LogP contribution is 2.21. The van der Waals surface area contributed by atoms with Crippen molar-refractivity contribution in [2.45, 2.75) is 26.0 Å². The molecule has 108 valence electrons. The zero-order valence-electron chi connectivity index (χ0n) is 12.1. The normalized spacial score (nSPS) is 11.7. The van der Waals surface area contributed by atoms with Gasteiger partial charge in [-0.15, -0.1) is 0 Å². The summed E-state index contributed by atoms with van der Waals surface area (Å²) in [6.45, 7) is 3.13. The second kappa shape index (κ2) is 7.41. The second-order valence-corrected chi connectivity index (χ2v) is 4.96. The molecule has 0 radical (unpaired) electrons. The molecule has 0 saturated heterocycles. The van der Waals surface area contributed by atoms with Crippen LogP contribution in [0.5, 0.6) is 0 Å². The molecule has 1 aromatic carbocycles. The van der Waals surface area contributed by atoms with Gasteiger partial charge in [-0.1, -0.05) is 18.2 Å². The van der Waals surface area contributed by atoms with Crippen LogP contribution in [0.3, 0.4) is 0 Å². The van der Waals surface area contributed by atoms with E-state index in [4.69, 9.17) is 5.26 Å². The lowest BCUT2D eigenvalue weighted by atomic mass is 10.1. The highest BCUT2D eigenvalue weighted by atomic mass is 16.3. The maximum Gasteiger partial charge on any atom is 0.0761 e. The van der Waals surface area contributed by atoms with Gasteiger partial charge in [-0.2, -0.15) is 5.26 Å². The van der Waals surface area contributed by atoms with Gasteiger partial charge in [0.05, 0.1) is 18.6 Å². The summed E-state index contributed by atoms with van der Waals surface area (Å²) in [6.07, 6.45) is 3.59. The van der Waals surface area contributed by atoms with Crippen LogP contribution in [-0.2, 0) is 6.54 Å². The van der Waals surface area contributed by atoms with Gasteiger partial charge in [0, 0.05) is 31.2 Å². The first-order chi connectivity index (χ1) is 10.2. The molecule has 0 fully saturated rings. The van der Waals surface area contributed by atoms with Crippen LogP contribution >= 0.6 is 0 Å². The monoisotopic (exact) mass is 281 g/mol. The third-order valence-electron chi connectivity index (χ3n) is 3.33. The predicted octanol–water partition coefficient (Wildman–Crippen LogP) is 3.06. The Balaban J connectivity index is 2.17. The fourth-order valence-corrected chi connectivity index (χ4v) is 2.16. The molecule has 1 atom stereocenters. The van der Waals surface area contributed by atoms with E-state index < -0.39 is 6.10 Å². The number of benzene rings is 1. The van der Waals surface area contributed by atoms with Crippen LogP contribution in [0.4, 0.5) is 5.69 Å². The third kappa shape index (κ3) is 4.30. The molecule has 0 aliphatic heterocycles. The van der Waals surface area contributed by atoms with Crippen LogP contribution in [0.1, 0.15) is 30.6 Å². The van der Waals surface area contributed by atoms with E-state index in [2.05, 4.69) is 16.0 Å². The summed E-state index contributed by atoms with van der Waals surface area (Å²) in [6, 6.07) is 13.9. The Hall–Kier alpha value is -2.38. The lowest BCUT2D eigenvalue weighted by molar-refractivity contribution is 0.199. The fourth-order valence-electron chi connectivity index (χ4n) is 2.16. The highest BCUT2D eigenvalue weighted by molar-refractivity contribution is 5.48. The summed E-state index contributed by atoms with van der Waals surface area (Å²) in [7, 11) is 0. The van der Waals surface area contributed by atoms with E-state index in [0.29, 0.717) is 19.5 Å². The van der Waals surface area contributed by atoms with Crippen LogP contribution in [-0.4, -0.2) is 16.6 Å². The molecule has 0 amide bonds. The minimum absolute atomic E-state index is 0.468. The molecule has 2 aromatic rings. The van der Waals surface area contributed by atoms with Crippen molar-refractivity contribution in [1.82, 2.24) is 4.98 Å². The molecule has 0 aliphatic rings. The Morgan fingerprint density at radius 3 is 2.62 bits per heavy atom. The van der Waals surface area contributed by atoms with Crippen LogP contribution in [0, 0.1) is 11.3 Å². The van der Waals surface area contributed by atoms with E-state index in [0.717, 1.165) is 16.8 Å². The molecule has 0 saturated carbocycles. The van der Waals surface area contributed by atoms with Crippen molar-refractivity contribution in [2.75, 3.05) is 11.4 Å². The fraction of sp³-hybridized carbons (Fsp3) is 0.294. The zero-order chi connectivity index (χ0) is 15.1. The zero-order valence-corrected chi connectivity index (χ0v) is 12.1. The molecule has 0 bridgehead atoms. The predicted molar refractivity (Wildman–Crippen MR) is 82.6 cm³/mol. The Kier molecular flexibility index (Phi) is 5.30. The average Bonchev–Trinajstić information content (AvgIpc) is 2.52. The molecule has 21 heavy (non-hydrogen) atoms. The van der Waals surface area contributed by atoms with Crippen molar-refractivity contribution in [2.24, 2.45) is 0 Å². The Morgan fingerprint density at radius 1 is 1.29 bits per heavy atom. The number of aromatic nitrogens is 1. The van der Waals surface area contributed by atoms with Gasteiger partial charge in [0.1, 0.15) is 0 Å². The molecule has 0 aliphatic carbocycles. The number of aliphatic hydroxyl groups is 1. The van der Waals surface area contributed by atoms with Crippen molar-refractivity contribution in [3.8, 4) is 6.07 Å². The van der Waals surface area contributed by atoms with Crippen molar-refractivity contribution in [1.29, 1.82) is 5.26 Å². The summed E-state index contributed by atoms with van der Waals surface area (Å²) in [4.78, 5) is 6.27. The summed E-state index contributed by atoms with van der Waals surface area (Å²) < 4.78 is 0. The molecule has 4 heteroatoms. The molecular formula is C17H19N3O. The van der Waals surface area contributed by atoms with Crippen molar-refractivity contribution in [3.05, 3.63) is 59.9 Å². The van der Waals surface area contributed by atoms with Gasteiger partial charge in [-0.05, 0) is 36.2 Å². The highest BCUT2D eigenvalue weighted by Gasteiger charge is 2.08. The molecule has 1 heterocycles. The molecule has 1 aromatic heterocycles. The number of hydrogen-bond acceptors (Lipinski definition) is 4. The quantitative estimate of drug-likeness (QED) is 0.884. The van der Waals surface area contributed by atoms with E-state index in [1.807, 2.05) is 42.6 Å². The number of pyridine rings is 1. The van der Waals surface area contributed by atoms with Gasteiger partial charge in [0.25, 0.3) is 0 Å². The second-order valence-electron chi connectivity index (χ2n) is 4.96. The molecule has 4 nitrogen and oxygen atoms in total. The van der Waals surface area contributed by atoms with Gasteiger partial charge in [-0.3, -0.25) is 4.98 Å². The lowest BCUT2D eigenvalue weighted by Gasteiger charge is -2.24. The molecule has 0 spiro atoms. The van der Waals surface area contributed by atoms with E-state index in [1.54, 1.807) is 13.1 Å². The van der Waals surface area contributed by atoms with E-state index in [9.17, 15) is 5.11 Å². The number of rotatable bonds is 6. The average molecular weight is 281 g/mol. The Bertz CT molecular complexity index is 588.